The van der Waals surface area contributed by atoms with Crippen molar-refractivity contribution in [1.82, 2.24) is 4.31 Å². The monoisotopic (exact) mass is 313 g/mol. The summed E-state index contributed by atoms with van der Waals surface area (Å²) in [5, 5.41) is 8.97. The summed E-state index contributed by atoms with van der Waals surface area (Å²) in [5.74, 6) is -0.869. The van der Waals surface area contributed by atoms with Gasteiger partial charge in [0.15, 0.2) is 0 Å². The van der Waals surface area contributed by atoms with Gasteiger partial charge in [-0.05, 0) is 44.4 Å². The van der Waals surface area contributed by atoms with Crippen molar-refractivity contribution in [1.29, 1.82) is 0 Å². The molecule has 0 aliphatic rings. The van der Waals surface area contributed by atoms with Crippen molar-refractivity contribution in [3.05, 3.63) is 29.8 Å². The zero-order chi connectivity index (χ0) is 16.4. The van der Waals surface area contributed by atoms with Crippen molar-refractivity contribution in [3.63, 3.8) is 0 Å². The molecule has 0 aliphatic carbocycles. The number of nitrogens with zero attached hydrogens (tertiary/aromatic N) is 1. The highest BCUT2D eigenvalue weighted by Gasteiger charge is 2.35. The van der Waals surface area contributed by atoms with Crippen LogP contribution in [0, 0.1) is 0 Å². The molecule has 0 heterocycles. The lowest BCUT2D eigenvalue weighted by Gasteiger charge is -2.33. The largest absolute Gasteiger partial charge is 0.480 e. The molecule has 0 aromatic heterocycles. The van der Waals surface area contributed by atoms with Gasteiger partial charge in [-0.2, -0.15) is 4.31 Å². The molecule has 0 atom stereocenters. The second kappa shape index (κ2) is 6.15. The van der Waals surface area contributed by atoms with E-state index >= 15 is 0 Å². The van der Waals surface area contributed by atoms with E-state index in [9.17, 15) is 13.2 Å². The molecule has 0 spiro atoms. The lowest BCUT2D eigenvalue weighted by Crippen LogP contribution is -2.48. The smallest absolute Gasteiger partial charge is 0.318 e. The normalized spacial score (nSPS) is 12.9. The van der Waals surface area contributed by atoms with Gasteiger partial charge >= 0.3 is 5.97 Å². The zero-order valence-electron chi connectivity index (χ0n) is 13.1. The van der Waals surface area contributed by atoms with Gasteiger partial charge in [0.25, 0.3) is 0 Å². The summed E-state index contributed by atoms with van der Waals surface area (Å²) >= 11 is 0. The van der Waals surface area contributed by atoms with Crippen molar-refractivity contribution in [2.75, 3.05) is 6.54 Å². The minimum Gasteiger partial charge on any atom is -0.480 e. The van der Waals surface area contributed by atoms with Crippen LogP contribution in [0.15, 0.2) is 29.2 Å². The maximum absolute atomic E-state index is 12.7. The van der Waals surface area contributed by atoms with Gasteiger partial charge in [-0.25, -0.2) is 8.42 Å². The van der Waals surface area contributed by atoms with Gasteiger partial charge in [0.2, 0.25) is 10.0 Å². The predicted octanol–water partition coefficient (Wildman–Crippen LogP) is 2.68. The fourth-order valence-corrected chi connectivity index (χ4v) is 3.69. The molecular formula is C15H23NO4S. The van der Waals surface area contributed by atoms with Gasteiger partial charge in [-0.3, -0.25) is 4.79 Å². The fourth-order valence-electron chi connectivity index (χ4n) is 1.96. The van der Waals surface area contributed by atoms with Gasteiger partial charge in [0.05, 0.1) is 4.90 Å². The molecule has 0 bridgehead atoms. The summed E-state index contributed by atoms with van der Waals surface area (Å²) in [7, 11) is -3.84. The molecule has 1 rings (SSSR count). The highest BCUT2D eigenvalue weighted by Crippen LogP contribution is 2.25. The topological polar surface area (TPSA) is 74.7 Å². The number of sulfonamides is 1. The molecule has 0 fully saturated rings. The molecule has 118 valence electrons. The minimum atomic E-state index is -3.84. The third kappa shape index (κ3) is 4.28. The highest BCUT2D eigenvalue weighted by atomic mass is 32.2. The number of carboxylic acid groups (broad SMARTS) is 1. The van der Waals surface area contributed by atoms with Crippen LogP contribution in [0.3, 0.4) is 0 Å². The van der Waals surface area contributed by atoms with E-state index < -0.39 is 28.1 Å². The highest BCUT2D eigenvalue weighted by molar-refractivity contribution is 7.89. The van der Waals surface area contributed by atoms with E-state index in [-0.39, 0.29) is 4.90 Å². The number of hydrogen-bond acceptors (Lipinski definition) is 3. The molecule has 21 heavy (non-hydrogen) atoms. The Hall–Kier alpha value is -1.40. The Morgan fingerprint density at radius 3 is 2.00 bits per heavy atom. The van der Waals surface area contributed by atoms with Gasteiger partial charge < -0.3 is 5.11 Å². The van der Waals surface area contributed by atoms with Crippen LogP contribution in [-0.4, -0.2) is 35.9 Å². The SMILES string of the molecule is CC(C)c1ccc(S(=O)(=O)N(CC(=O)O)C(C)(C)C)cc1. The van der Waals surface area contributed by atoms with E-state index in [1.165, 1.54) is 12.1 Å². The summed E-state index contributed by atoms with van der Waals surface area (Å²) in [6, 6.07) is 6.59. The molecule has 1 N–H and O–H groups in total. The quantitative estimate of drug-likeness (QED) is 0.907. The molecule has 0 aliphatic heterocycles. The Morgan fingerprint density at radius 2 is 1.67 bits per heavy atom. The van der Waals surface area contributed by atoms with Gasteiger partial charge in [-0.15, -0.1) is 0 Å². The van der Waals surface area contributed by atoms with E-state index in [2.05, 4.69) is 0 Å². The summed E-state index contributed by atoms with van der Waals surface area (Å²) in [6.07, 6.45) is 0. The first-order chi connectivity index (χ1) is 9.46. The molecule has 0 radical (unpaired) electrons. The van der Waals surface area contributed by atoms with E-state index in [0.717, 1.165) is 9.87 Å². The second-order valence-electron chi connectivity index (χ2n) is 6.30. The maximum atomic E-state index is 12.7. The molecule has 0 saturated carbocycles. The van der Waals surface area contributed by atoms with Crippen LogP contribution in [0.4, 0.5) is 0 Å². The van der Waals surface area contributed by atoms with Crippen molar-refractivity contribution in [2.24, 2.45) is 0 Å². The van der Waals surface area contributed by atoms with Crippen molar-refractivity contribution >= 4 is 16.0 Å². The Morgan fingerprint density at radius 1 is 1.19 bits per heavy atom. The van der Waals surface area contributed by atoms with Crippen LogP contribution in [0.25, 0.3) is 0 Å². The lowest BCUT2D eigenvalue weighted by molar-refractivity contribution is -0.138. The Kier molecular flexibility index (Phi) is 5.17. The molecule has 0 amide bonds. The standard InChI is InChI=1S/C15H23NO4S/c1-11(2)12-6-8-13(9-7-12)21(19,20)16(10-14(17)18)15(3,4)5/h6-9,11H,10H2,1-5H3,(H,17,18). The Labute approximate surface area is 126 Å². The van der Waals surface area contributed by atoms with E-state index in [4.69, 9.17) is 5.11 Å². The first kappa shape index (κ1) is 17.7. The first-order valence-electron chi connectivity index (χ1n) is 6.81. The average molecular weight is 313 g/mol. The average Bonchev–Trinajstić information content (AvgIpc) is 2.34. The number of carbonyl (C=O) groups is 1. The van der Waals surface area contributed by atoms with Gasteiger partial charge in [0.1, 0.15) is 6.54 Å². The maximum Gasteiger partial charge on any atom is 0.318 e. The third-order valence-corrected chi connectivity index (χ3v) is 5.29. The predicted molar refractivity (Wildman–Crippen MR) is 81.8 cm³/mol. The summed E-state index contributed by atoms with van der Waals surface area (Å²) < 4.78 is 26.3. The summed E-state index contributed by atoms with van der Waals surface area (Å²) in [6.45, 7) is 8.52. The van der Waals surface area contributed by atoms with Crippen molar-refractivity contribution in [2.45, 2.75) is 51.0 Å². The van der Waals surface area contributed by atoms with Crippen LogP contribution in [0.5, 0.6) is 0 Å². The van der Waals surface area contributed by atoms with E-state index in [1.54, 1.807) is 32.9 Å². The zero-order valence-corrected chi connectivity index (χ0v) is 13.9. The molecule has 5 nitrogen and oxygen atoms in total. The number of aliphatic carboxylic acids is 1. The summed E-state index contributed by atoms with van der Waals surface area (Å²) in [5.41, 5.74) is 0.225. The van der Waals surface area contributed by atoms with Gasteiger partial charge in [-0.1, -0.05) is 26.0 Å². The third-order valence-electron chi connectivity index (χ3n) is 3.16. The molecule has 1 aromatic carbocycles. The van der Waals surface area contributed by atoms with Crippen LogP contribution >= 0.6 is 0 Å². The molecule has 1 aromatic rings. The Balaban J connectivity index is 3.25. The van der Waals surface area contributed by atoms with Crippen LogP contribution in [0.1, 0.15) is 46.1 Å². The fraction of sp³-hybridized carbons (Fsp3) is 0.533. The van der Waals surface area contributed by atoms with Crippen LogP contribution in [0.2, 0.25) is 0 Å². The molecule has 6 heteroatoms. The van der Waals surface area contributed by atoms with E-state index in [1.807, 2.05) is 13.8 Å². The number of benzene rings is 1. The molecule has 0 unspecified atom stereocenters. The number of carboxylic acids is 1. The molecular weight excluding hydrogens is 290 g/mol. The minimum absolute atomic E-state index is 0.114. The van der Waals surface area contributed by atoms with Crippen LogP contribution < -0.4 is 0 Å². The van der Waals surface area contributed by atoms with Crippen molar-refractivity contribution in [3.8, 4) is 0 Å². The Bertz CT molecular complexity index is 598. The number of hydrogen-bond donors (Lipinski definition) is 1. The second-order valence-corrected chi connectivity index (χ2v) is 8.16. The first-order valence-corrected chi connectivity index (χ1v) is 8.25. The summed E-state index contributed by atoms with van der Waals surface area (Å²) in [4.78, 5) is 11.1. The number of rotatable bonds is 5. The van der Waals surface area contributed by atoms with Crippen LogP contribution in [-0.2, 0) is 14.8 Å². The van der Waals surface area contributed by atoms with E-state index in [0.29, 0.717) is 5.92 Å². The lowest BCUT2D eigenvalue weighted by atomic mass is 10.0. The molecule has 0 saturated heterocycles. The van der Waals surface area contributed by atoms with Gasteiger partial charge in [0, 0.05) is 5.54 Å². The van der Waals surface area contributed by atoms with Crippen molar-refractivity contribution < 1.29 is 18.3 Å².